The molecular formula is C17H28N2O5. The summed E-state index contributed by atoms with van der Waals surface area (Å²) in [5.74, 6) is -0.774. The number of hydrogen-bond acceptors (Lipinski definition) is 4. The number of nitrogens with zero attached hydrogens (tertiary/aromatic N) is 1. The van der Waals surface area contributed by atoms with E-state index < -0.39 is 23.7 Å². The third kappa shape index (κ3) is 7.02. The van der Waals surface area contributed by atoms with Crippen LogP contribution in [0.1, 0.15) is 46.5 Å². The number of aliphatic carboxylic acids is 1. The summed E-state index contributed by atoms with van der Waals surface area (Å²) < 4.78 is 5.07. The standard InChI is InChI=1S/C17H28N2O5/c1-5-12-10-14(20)19(11-12)9-7-6-8-13(15(21)22)18-16(23)24-17(2,3)4/h5,12-13H,1,6-11H2,2-4H3,(H,18,23)(H,21,22)/t12?,13-/m0/s1. The van der Waals surface area contributed by atoms with Gasteiger partial charge in [-0.2, -0.15) is 0 Å². The summed E-state index contributed by atoms with van der Waals surface area (Å²) in [6.45, 7) is 10.1. The number of rotatable bonds is 8. The minimum atomic E-state index is -1.09. The van der Waals surface area contributed by atoms with E-state index in [2.05, 4.69) is 11.9 Å². The zero-order chi connectivity index (χ0) is 18.3. The number of hydrogen-bond donors (Lipinski definition) is 2. The molecule has 1 rings (SSSR count). The van der Waals surface area contributed by atoms with Crippen molar-refractivity contribution in [1.29, 1.82) is 0 Å². The van der Waals surface area contributed by atoms with Gasteiger partial charge in [-0.25, -0.2) is 9.59 Å². The van der Waals surface area contributed by atoms with Crippen LogP contribution < -0.4 is 5.32 Å². The SMILES string of the molecule is C=CC1CC(=O)N(CCCC[C@H](NC(=O)OC(C)(C)C)C(=O)O)C1. The second-order valence-electron chi connectivity index (χ2n) is 7.07. The molecule has 1 aliphatic rings. The highest BCUT2D eigenvalue weighted by Crippen LogP contribution is 2.19. The van der Waals surface area contributed by atoms with E-state index in [0.29, 0.717) is 38.8 Å². The number of amides is 2. The summed E-state index contributed by atoms with van der Waals surface area (Å²) in [7, 11) is 0. The first-order chi connectivity index (χ1) is 11.1. The van der Waals surface area contributed by atoms with Gasteiger partial charge in [-0.05, 0) is 40.0 Å². The number of likely N-dealkylation sites (tertiary alicyclic amines) is 1. The van der Waals surface area contributed by atoms with Gasteiger partial charge < -0.3 is 20.1 Å². The lowest BCUT2D eigenvalue weighted by Crippen LogP contribution is -2.43. The van der Waals surface area contributed by atoms with E-state index in [0.717, 1.165) is 0 Å². The molecule has 0 aromatic rings. The highest BCUT2D eigenvalue weighted by molar-refractivity contribution is 5.80. The number of carbonyl (C=O) groups excluding carboxylic acids is 2. The van der Waals surface area contributed by atoms with Gasteiger partial charge in [0, 0.05) is 25.4 Å². The van der Waals surface area contributed by atoms with Crippen LogP contribution in [0.3, 0.4) is 0 Å². The van der Waals surface area contributed by atoms with E-state index in [4.69, 9.17) is 4.74 Å². The Bertz CT molecular complexity index is 484. The van der Waals surface area contributed by atoms with Crippen molar-refractivity contribution in [3.63, 3.8) is 0 Å². The third-order valence-electron chi connectivity index (χ3n) is 3.74. The van der Waals surface area contributed by atoms with Gasteiger partial charge in [0.05, 0.1) is 0 Å². The van der Waals surface area contributed by atoms with Crippen LogP contribution in [-0.4, -0.2) is 52.7 Å². The first kappa shape index (κ1) is 20.0. The average Bonchev–Trinajstić information content (AvgIpc) is 2.80. The third-order valence-corrected chi connectivity index (χ3v) is 3.74. The molecule has 0 aromatic carbocycles. The largest absolute Gasteiger partial charge is 0.480 e. The molecule has 0 spiro atoms. The van der Waals surface area contributed by atoms with Crippen molar-refractivity contribution in [1.82, 2.24) is 10.2 Å². The molecule has 0 radical (unpaired) electrons. The Kier molecular flexibility index (Phi) is 7.25. The summed E-state index contributed by atoms with van der Waals surface area (Å²) in [4.78, 5) is 36.5. The van der Waals surface area contributed by atoms with Crippen molar-refractivity contribution in [3.05, 3.63) is 12.7 Å². The summed E-state index contributed by atoms with van der Waals surface area (Å²) >= 11 is 0. The van der Waals surface area contributed by atoms with Crippen molar-refractivity contribution in [3.8, 4) is 0 Å². The summed E-state index contributed by atoms with van der Waals surface area (Å²) in [5.41, 5.74) is -0.676. The molecule has 2 N–H and O–H groups in total. The maximum Gasteiger partial charge on any atom is 0.408 e. The minimum absolute atomic E-state index is 0.113. The lowest BCUT2D eigenvalue weighted by Gasteiger charge is -2.22. The molecule has 7 heteroatoms. The Hall–Kier alpha value is -2.05. The quantitative estimate of drug-likeness (QED) is 0.521. The average molecular weight is 340 g/mol. The number of alkyl carbamates (subject to hydrolysis) is 1. The maximum atomic E-state index is 11.8. The van der Waals surface area contributed by atoms with Gasteiger partial charge >= 0.3 is 12.1 Å². The molecule has 0 bridgehead atoms. The van der Waals surface area contributed by atoms with Gasteiger partial charge in [-0.1, -0.05) is 6.08 Å². The Balaban J connectivity index is 2.34. The van der Waals surface area contributed by atoms with Crippen LogP contribution in [-0.2, 0) is 14.3 Å². The molecule has 0 aliphatic carbocycles. The first-order valence-electron chi connectivity index (χ1n) is 8.25. The molecular weight excluding hydrogens is 312 g/mol. The fourth-order valence-electron chi connectivity index (χ4n) is 2.54. The number of carbonyl (C=O) groups is 3. The van der Waals surface area contributed by atoms with Crippen molar-refractivity contribution in [2.75, 3.05) is 13.1 Å². The summed E-state index contributed by atoms with van der Waals surface area (Å²) in [6, 6.07) is -0.991. The second kappa shape index (κ2) is 8.70. The molecule has 1 saturated heterocycles. The Labute approximate surface area is 143 Å². The molecule has 0 saturated carbocycles. The number of nitrogens with one attached hydrogen (secondary N) is 1. The van der Waals surface area contributed by atoms with E-state index in [1.165, 1.54) is 0 Å². The highest BCUT2D eigenvalue weighted by atomic mass is 16.6. The van der Waals surface area contributed by atoms with Gasteiger partial charge in [-0.15, -0.1) is 6.58 Å². The van der Waals surface area contributed by atoms with E-state index in [1.807, 2.05) is 0 Å². The predicted octanol–water partition coefficient (Wildman–Crippen LogP) is 2.17. The Morgan fingerprint density at radius 3 is 2.62 bits per heavy atom. The molecule has 2 atom stereocenters. The monoisotopic (exact) mass is 340 g/mol. The molecule has 24 heavy (non-hydrogen) atoms. The normalized spacial score (nSPS) is 19.0. The van der Waals surface area contributed by atoms with E-state index in [-0.39, 0.29) is 11.8 Å². The van der Waals surface area contributed by atoms with Crippen LogP contribution in [0.4, 0.5) is 4.79 Å². The Morgan fingerprint density at radius 2 is 2.12 bits per heavy atom. The molecule has 7 nitrogen and oxygen atoms in total. The fourth-order valence-corrected chi connectivity index (χ4v) is 2.54. The van der Waals surface area contributed by atoms with Crippen LogP contribution in [0.2, 0.25) is 0 Å². The van der Waals surface area contributed by atoms with E-state index in [9.17, 15) is 19.5 Å². The minimum Gasteiger partial charge on any atom is -0.480 e. The zero-order valence-electron chi connectivity index (χ0n) is 14.7. The zero-order valence-corrected chi connectivity index (χ0v) is 14.7. The van der Waals surface area contributed by atoms with Crippen LogP contribution in [0.15, 0.2) is 12.7 Å². The molecule has 0 aromatic heterocycles. The van der Waals surface area contributed by atoms with Gasteiger partial charge in [0.1, 0.15) is 11.6 Å². The first-order valence-corrected chi connectivity index (χ1v) is 8.25. The lowest BCUT2D eigenvalue weighted by molar-refractivity contribution is -0.139. The second-order valence-corrected chi connectivity index (χ2v) is 7.07. The predicted molar refractivity (Wildman–Crippen MR) is 89.5 cm³/mol. The lowest BCUT2D eigenvalue weighted by atomic mass is 10.1. The molecule has 2 amide bonds. The van der Waals surface area contributed by atoms with E-state index >= 15 is 0 Å². The maximum absolute atomic E-state index is 11.8. The molecule has 136 valence electrons. The number of ether oxygens (including phenoxy) is 1. The molecule has 1 fully saturated rings. The van der Waals surface area contributed by atoms with Gasteiger partial charge in [-0.3, -0.25) is 4.79 Å². The van der Waals surface area contributed by atoms with E-state index in [1.54, 1.807) is 31.7 Å². The summed E-state index contributed by atoms with van der Waals surface area (Å²) in [5, 5.41) is 11.6. The van der Waals surface area contributed by atoms with Crippen LogP contribution in [0, 0.1) is 5.92 Å². The molecule has 1 aliphatic heterocycles. The Morgan fingerprint density at radius 1 is 1.46 bits per heavy atom. The number of unbranched alkanes of at least 4 members (excludes halogenated alkanes) is 1. The summed E-state index contributed by atoms with van der Waals surface area (Å²) in [6.07, 6.45) is 3.13. The van der Waals surface area contributed by atoms with Crippen LogP contribution >= 0.6 is 0 Å². The van der Waals surface area contributed by atoms with Gasteiger partial charge in [0.2, 0.25) is 5.91 Å². The van der Waals surface area contributed by atoms with Gasteiger partial charge in [0.15, 0.2) is 0 Å². The highest BCUT2D eigenvalue weighted by Gasteiger charge is 2.27. The van der Waals surface area contributed by atoms with Crippen LogP contribution in [0.5, 0.6) is 0 Å². The molecule has 1 unspecified atom stereocenters. The number of carboxylic acids is 1. The van der Waals surface area contributed by atoms with Crippen molar-refractivity contribution < 1.29 is 24.2 Å². The molecule has 1 heterocycles. The van der Waals surface area contributed by atoms with Crippen LogP contribution in [0.25, 0.3) is 0 Å². The fraction of sp³-hybridized carbons (Fsp3) is 0.706. The topological polar surface area (TPSA) is 95.9 Å². The van der Waals surface area contributed by atoms with Crippen molar-refractivity contribution in [2.45, 2.75) is 58.1 Å². The van der Waals surface area contributed by atoms with Crippen molar-refractivity contribution in [2.24, 2.45) is 5.92 Å². The number of carboxylic acid groups (broad SMARTS) is 1. The van der Waals surface area contributed by atoms with Crippen molar-refractivity contribution >= 4 is 18.0 Å². The van der Waals surface area contributed by atoms with Gasteiger partial charge in [0.25, 0.3) is 0 Å². The smallest absolute Gasteiger partial charge is 0.408 e.